The summed E-state index contributed by atoms with van der Waals surface area (Å²) in [5.41, 5.74) is 1.35. The predicted octanol–water partition coefficient (Wildman–Crippen LogP) is 4.03. The number of sulfonamides is 1. The Labute approximate surface area is 165 Å². The van der Waals surface area contributed by atoms with Crippen LogP contribution in [0.3, 0.4) is 0 Å². The molecule has 1 amide bonds. The molecule has 1 aliphatic rings. The van der Waals surface area contributed by atoms with Crippen LogP contribution in [0.4, 0.5) is 10.8 Å². The zero-order valence-electron chi connectivity index (χ0n) is 14.7. The molecule has 0 spiro atoms. The Hall–Kier alpha value is -1.45. The van der Waals surface area contributed by atoms with Gasteiger partial charge in [0.2, 0.25) is 15.9 Å². The van der Waals surface area contributed by atoms with Gasteiger partial charge >= 0.3 is 0 Å². The largest absolute Gasteiger partial charge is 0.325 e. The highest BCUT2D eigenvalue weighted by molar-refractivity contribution is 9.10. The van der Waals surface area contributed by atoms with E-state index in [2.05, 4.69) is 31.0 Å². The summed E-state index contributed by atoms with van der Waals surface area (Å²) < 4.78 is 27.5. The molecule has 140 valence electrons. The molecular formula is C17H20BrN3O3S2. The number of amides is 1. The van der Waals surface area contributed by atoms with Crippen LogP contribution in [0.25, 0.3) is 0 Å². The molecule has 0 atom stereocenters. The number of carbonyl (C=O) groups is 1. The number of hydrogen-bond acceptors (Lipinski definition) is 5. The molecule has 1 aromatic carbocycles. The van der Waals surface area contributed by atoms with Crippen LogP contribution in [-0.2, 0) is 20.2 Å². The lowest BCUT2D eigenvalue weighted by Gasteiger charge is -2.21. The molecule has 0 bridgehead atoms. The Bertz CT molecular complexity index is 950. The number of nitrogens with one attached hydrogen (secondary N) is 2. The van der Waals surface area contributed by atoms with E-state index in [0.29, 0.717) is 29.4 Å². The van der Waals surface area contributed by atoms with Crippen molar-refractivity contribution in [1.29, 1.82) is 0 Å². The third kappa shape index (κ3) is 4.10. The van der Waals surface area contributed by atoms with Gasteiger partial charge in [-0.3, -0.25) is 9.52 Å². The number of aromatic nitrogens is 1. The fourth-order valence-corrected chi connectivity index (χ4v) is 5.04. The molecule has 1 aliphatic carbocycles. The van der Waals surface area contributed by atoms with Gasteiger partial charge in [0.15, 0.2) is 5.13 Å². The molecular weight excluding hydrogens is 438 g/mol. The molecule has 0 unspecified atom stereocenters. The fraction of sp³-hybridized carbons (Fsp3) is 0.412. The maximum atomic E-state index is 12.7. The second-order valence-corrected chi connectivity index (χ2v) is 10.6. The Kier molecular flexibility index (Phi) is 5.15. The fourth-order valence-electron chi connectivity index (χ4n) is 2.32. The van der Waals surface area contributed by atoms with Crippen molar-refractivity contribution in [2.45, 2.75) is 44.3 Å². The van der Waals surface area contributed by atoms with Crippen LogP contribution in [0.5, 0.6) is 0 Å². The topological polar surface area (TPSA) is 88.2 Å². The highest BCUT2D eigenvalue weighted by atomic mass is 79.9. The number of rotatable bonds is 6. The molecule has 1 heterocycles. The van der Waals surface area contributed by atoms with Crippen LogP contribution in [0.15, 0.2) is 28.1 Å². The monoisotopic (exact) mass is 457 g/mol. The van der Waals surface area contributed by atoms with Gasteiger partial charge in [0.25, 0.3) is 0 Å². The van der Waals surface area contributed by atoms with Gasteiger partial charge < -0.3 is 5.32 Å². The zero-order valence-corrected chi connectivity index (χ0v) is 17.9. The van der Waals surface area contributed by atoms with Crippen molar-refractivity contribution in [2.24, 2.45) is 0 Å². The van der Waals surface area contributed by atoms with E-state index in [0.717, 1.165) is 10.0 Å². The summed E-state index contributed by atoms with van der Waals surface area (Å²) in [6.45, 7) is 5.48. The van der Waals surface area contributed by atoms with E-state index in [1.165, 1.54) is 11.3 Å². The molecule has 1 fully saturated rings. The third-order valence-corrected chi connectivity index (χ3v) is 7.92. The molecule has 0 radical (unpaired) electrons. The minimum Gasteiger partial charge on any atom is -0.325 e. The maximum Gasteiger partial charge on any atom is 0.237 e. The minimum absolute atomic E-state index is 0.207. The van der Waals surface area contributed by atoms with Crippen LogP contribution in [0.1, 0.15) is 37.9 Å². The van der Waals surface area contributed by atoms with E-state index in [1.54, 1.807) is 19.2 Å². The summed E-state index contributed by atoms with van der Waals surface area (Å²) in [4.78, 5) is 17.1. The lowest BCUT2D eigenvalue weighted by molar-refractivity contribution is -0.120. The molecule has 26 heavy (non-hydrogen) atoms. The highest BCUT2D eigenvalue weighted by Gasteiger charge is 2.37. The van der Waals surface area contributed by atoms with Gasteiger partial charge in [-0.15, -0.1) is 11.3 Å². The Morgan fingerprint density at radius 2 is 2.04 bits per heavy atom. The quantitative estimate of drug-likeness (QED) is 0.684. The van der Waals surface area contributed by atoms with Gasteiger partial charge in [-0.05, 0) is 57.4 Å². The number of nitrogens with zero attached hydrogens (tertiary/aromatic N) is 1. The normalized spacial score (nSPS) is 14.9. The van der Waals surface area contributed by atoms with Gasteiger partial charge in [-0.1, -0.05) is 15.9 Å². The lowest BCUT2D eigenvalue weighted by Crippen LogP contribution is -2.35. The van der Waals surface area contributed by atoms with E-state index in [-0.39, 0.29) is 11.2 Å². The van der Waals surface area contributed by atoms with Crippen molar-refractivity contribution in [3.63, 3.8) is 0 Å². The van der Waals surface area contributed by atoms with Gasteiger partial charge in [0, 0.05) is 15.5 Å². The number of halogens is 1. The van der Waals surface area contributed by atoms with Gasteiger partial charge in [0.1, 0.15) is 0 Å². The number of aryl methyl sites for hydroxylation is 1. The summed E-state index contributed by atoms with van der Waals surface area (Å²) in [6, 6.07) is 5.58. The first-order valence-corrected chi connectivity index (χ1v) is 11.4. The first-order valence-electron chi connectivity index (χ1n) is 8.15. The summed E-state index contributed by atoms with van der Waals surface area (Å²) in [6.07, 6.45) is 1.38. The first kappa shape index (κ1) is 19.3. The Morgan fingerprint density at radius 3 is 2.65 bits per heavy atom. The molecule has 3 rings (SSSR count). The predicted molar refractivity (Wildman–Crippen MR) is 108 cm³/mol. The first-order chi connectivity index (χ1) is 12.1. The van der Waals surface area contributed by atoms with Gasteiger partial charge in [0.05, 0.1) is 16.4 Å². The summed E-state index contributed by atoms with van der Waals surface area (Å²) in [5, 5.41) is 4.61. The molecule has 0 saturated heterocycles. The van der Waals surface area contributed by atoms with E-state index in [4.69, 9.17) is 0 Å². The Balaban J connectivity index is 1.74. The molecule has 6 nitrogen and oxygen atoms in total. The average molecular weight is 458 g/mol. The second kappa shape index (κ2) is 6.94. The molecule has 2 N–H and O–H groups in total. The van der Waals surface area contributed by atoms with Crippen LogP contribution < -0.4 is 10.0 Å². The Morgan fingerprint density at radius 1 is 1.35 bits per heavy atom. The number of carbonyl (C=O) groups excluding carboxylic acids is 1. The van der Waals surface area contributed by atoms with Crippen molar-refractivity contribution in [2.75, 3.05) is 10.0 Å². The van der Waals surface area contributed by atoms with Crippen LogP contribution in [-0.4, -0.2) is 24.6 Å². The number of anilines is 2. The van der Waals surface area contributed by atoms with Crippen molar-refractivity contribution in [3.05, 3.63) is 39.3 Å². The van der Waals surface area contributed by atoms with E-state index < -0.39 is 15.4 Å². The highest BCUT2D eigenvalue weighted by Crippen LogP contribution is 2.33. The molecule has 1 saturated carbocycles. The van der Waals surface area contributed by atoms with Crippen molar-refractivity contribution in [1.82, 2.24) is 4.98 Å². The summed E-state index contributed by atoms with van der Waals surface area (Å²) in [7, 11) is -3.36. The maximum absolute atomic E-state index is 12.7. The second-order valence-electron chi connectivity index (χ2n) is 6.93. The minimum atomic E-state index is -3.36. The average Bonchev–Trinajstić information content (AvgIpc) is 3.32. The van der Waals surface area contributed by atoms with Crippen molar-refractivity contribution in [3.8, 4) is 0 Å². The standard InChI is InChI=1S/C17H20BrN3O3S2/c1-10-8-11(4-7-13(10)18)19-15(22)17(2,3)14-9-25-16(20-14)21-26(23,24)12-5-6-12/h4,7-9,12H,5-6H2,1-3H3,(H,19,22)(H,20,21). The van der Waals surface area contributed by atoms with E-state index in [1.807, 2.05) is 25.1 Å². The smallest absolute Gasteiger partial charge is 0.237 e. The summed E-state index contributed by atoms with van der Waals surface area (Å²) in [5.74, 6) is -0.207. The van der Waals surface area contributed by atoms with Crippen LogP contribution in [0, 0.1) is 6.92 Å². The molecule has 1 aromatic heterocycles. The van der Waals surface area contributed by atoms with Gasteiger partial charge in [-0.25, -0.2) is 13.4 Å². The van der Waals surface area contributed by atoms with Crippen LogP contribution in [0.2, 0.25) is 0 Å². The number of hydrogen-bond donors (Lipinski definition) is 2. The third-order valence-electron chi connectivity index (χ3n) is 4.32. The van der Waals surface area contributed by atoms with Crippen LogP contribution >= 0.6 is 27.3 Å². The SMILES string of the molecule is Cc1cc(NC(=O)C(C)(C)c2csc(NS(=O)(=O)C3CC3)n2)ccc1Br. The molecule has 2 aromatic rings. The zero-order chi connectivity index (χ0) is 19.1. The summed E-state index contributed by atoms with van der Waals surface area (Å²) >= 11 is 4.62. The number of benzene rings is 1. The molecule has 9 heteroatoms. The number of thiazole rings is 1. The molecule has 0 aliphatic heterocycles. The van der Waals surface area contributed by atoms with Crippen molar-refractivity contribution < 1.29 is 13.2 Å². The van der Waals surface area contributed by atoms with E-state index >= 15 is 0 Å². The van der Waals surface area contributed by atoms with E-state index in [9.17, 15) is 13.2 Å². The van der Waals surface area contributed by atoms with Gasteiger partial charge in [-0.2, -0.15) is 0 Å². The lowest BCUT2D eigenvalue weighted by atomic mass is 9.89. The van der Waals surface area contributed by atoms with Crippen molar-refractivity contribution >= 4 is 54.0 Å².